The molecule has 6 nitrogen and oxygen atoms in total. The number of amides is 4. The Morgan fingerprint density at radius 2 is 1.57 bits per heavy atom. The Labute approximate surface area is 217 Å². The van der Waals surface area contributed by atoms with Gasteiger partial charge in [0, 0.05) is 10.6 Å². The summed E-state index contributed by atoms with van der Waals surface area (Å²) in [6.45, 7) is 2.14. The van der Waals surface area contributed by atoms with Gasteiger partial charge in [-0.1, -0.05) is 72.1 Å². The SMILES string of the molecule is CCc1ccc(N2C(=O)NC(=O)/C(=C/c3cc(Cl)c(OCc4ccccc4Cl)c(Cl)c3)C2=O)cc1. The van der Waals surface area contributed by atoms with Crippen LogP contribution in [0.4, 0.5) is 10.5 Å². The van der Waals surface area contributed by atoms with E-state index >= 15 is 0 Å². The second-order valence-electron chi connectivity index (χ2n) is 7.67. The molecule has 4 rings (SSSR count). The van der Waals surface area contributed by atoms with E-state index < -0.39 is 17.8 Å². The normalized spacial score (nSPS) is 14.9. The number of rotatable bonds is 6. The molecular formula is C26H19Cl3N2O4. The highest BCUT2D eigenvalue weighted by atomic mass is 35.5. The molecule has 4 amide bonds. The van der Waals surface area contributed by atoms with Crippen LogP contribution < -0.4 is 15.0 Å². The number of urea groups is 1. The number of nitrogens with zero attached hydrogens (tertiary/aromatic N) is 1. The Hall–Kier alpha value is -3.32. The van der Waals surface area contributed by atoms with Crippen molar-refractivity contribution in [2.45, 2.75) is 20.0 Å². The van der Waals surface area contributed by atoms with Crippen molar-refractivity contribution in [1.82, 2.24) is 5.32 Å². The van der Waals surface area contributed by atoms with E-state index in [2.05, 4.69) is 5.32 Å². The molecule has 3 aromatic rings. The van der Waals surface area contributed by atoms with E-state index in [1.54, 1.807) is 18.2 Å². The molecule has 1 N–H and O–H groups in total. The Balaban J connectivity index is 1.60. The first-order valence-corrected chi connectivity index (χ1v) is 11.8. The van der Waals surface area contributed by atoms with Gasteiger partial charge in [-0.15, -0.1) is 0 Å². The number of carbonyl (C=O) groups excluding carboxylic acids is 3. The number of ether oxygens (including phenoxy) is 1. The smallest absolute Gasteiger partial charge is 0.335 e. The zero-order valence-electron chi connectivity index (χ0n) is 18.5. The van der Waals surface area contributed by atoms with E-state index in [4.69, 9.17) is 39.5 Å². The minimum atomic E-state index is -0.819. The van der Waals surface area contributed by atoms with Crippen LogP contribution in [0.1, 0.15) is 23.6 Å². The number of hydrogen-bond acceptors (Lipinski definition) is 4. The lowest BCUT2D eigenvalue weighted by molar-refractivity contribution is -0.122. The number of benzene rings is 3. The van der Waals surface area contributed by atoms with Crippen molar-refractivity contribution in [3.63, 3.8) is 0 Å². The van der Waals surface area contributed by atoms with Crippen molar-refractivity contribution in [2.24, 2.45) is 0 Å². The highest BCUT2D eigenvalue weighted by Gasteiger charge is 2.36. The molecule has 1 aliphatic rings. The third kappa shape index (κ3) is 5.35. The van der Waals surface area contributed by atoms with E-state index in [0.717, 1.165) is 22.4 Å². The number of halogens is 3. The number of aryl methyl sites for hydroxylation is 1. The molecule has 0 aromatic heterocycles. The molecule has 0 bridgehead atoms. The molecule has 0 atom stereocenters. The molecule has 1 saturated heterocycles. The fourth-order valence-corrected chi connectivity index (χ4v) is 4.31. The Morgan fingerprint density at radius 3 is 2.20 bits per heavy atom. The van der Waals surface area contributed by atoms with Gasteiger partial charge in [-0.3, -0.25) is 14.9 Å². The maximum absolute atomic E-state index is 13.1. The van der Waals surface area contributed by atoms with Crippen LogP contribution >= 0.6 is 34.8 Å². The summed E-state index contributed by atoms with van der Waals surface area (Å²) in [5.74, 6) is -1.33. The predicted molar refractivity (Wildman–Crippen MR) is 137 cm³/mol. The standard InChI is InChI=1S/C26H19Cl3N2O4/c1-2-15-7-9-18(10-8-15)31-25(33)19(24(32)30-26(31)34)11-16-12-21(28)23(22(29)13-16)35-14-17-5-3-4-6-20(17)27/h3-13H,2,14H2,1H3,(H,30,32,34)/b19-11-. The van der Waals surface area contributed by atoms with Gasteiger partial charge in [0.1, 0.15) is 12.2 Å². The highest BCUT2D eigenvalue weighted by molar-refractivity contribution is 6.40. The van der Waals surface area contributed by atoms with Crippen LogP contribution in [0, 0.1) is 0 Å². The van der Waals surface area contributed by atoms with Crippen LogP contribution in [0.5, 0.6) is 5.75 Å². The molecule has 0 saturated carbocycles. The largest absolute Gasteiger partial charge is 0.486 e. The maximum Gasteiger partial charge on any atom is 0.335 e. The van der Waals surface area contributed by atoms with E-state index in [-0.39, 0.29) is 28.0 Å². The number of carbonyl (C=O) groups is 3. The maximum atomic E-state index is 13.1. The summed E-state index contributed by atoms with van der Waals surface area (Å²) in [5, 5.41) is 3.11. The van der Waals surface area contributed by atoms with Crippen LogP contribution in [0.3, 0.4) is 0 Å². The average Bonchev–Trinajstić information content (AvgIpc) is 2.82. The summed E-state index contributed by atoms with van der Waals surface area (Å²) < 4.78 is 5.76. The van der Waals surface area contributed by atoms with Crippen molar-refractivity contribution < 1.29 is 19.1 Å². The van der Waals surface area contributed by atoms with Gasteiger partial charge < -0.3 is 4.74 Å². The molecule has 1 aliphatic heterocycles. The van der Waals surface area contributed by atoms with E-state index in [9.17, 15) is 14.4 Å². The molecule has 3 aromatic carbocycles. The molecule has 0 radical (unpaired) electrons. The summed E-state index contributed by atoms with van der Waals surface area (Å²) in [6, 6.07) is 16.4. The van der Waals surface area contributed by atoms with Gasteiger partial charge in [0.2, 0.25) is 0 Å². The molecule has 1 fully saturated rings. The second-order valence-corrected chi connectivity index (χ2v) is 8.89. The Kier molecular flexibility index (Phi) is 7.45. The average molecular weight is 530 g/mol. The van der Waals surface area contributed by atoms with Gasteiger partial charge in [-0.25, -0.2) is 9.69 Å². The van der Waals surface area contributed by atoms with Crippen molar-refractivity contribution >= 4 is 64.4 Å². The van der Waals surface area contributed by atoms with Crippen molar-refractivity contribution in [1.29, 1.82) is 0 Å². The second kappa shape index (κ2) is 10.5. The summed E-state index contributed by atoms with van der Waals surface area (Å²) in [5.41, 5.74) is 2.31. The van der Waals surface area contributed by atoms with Crippen LogP contribution in [0.15, 0.2) is 66.2 Å². The van der Waals surface area contributed by atoms with Gasteiger partial charge in [0.25, 0.3) is 11.8 Å². The lowest BCUT2D eigenvalue weighted by atomic mass is 10.1. The molecule has 35 heavy (non-hydrogen) atoms. The van der Waals surface area contributed by atoms with Crippen molar-refractivity contribution in [3.05, 3.63) is 98.0 Å². The van der Waals surface area contributed by atoms with Crippen molar-refractivity contribution in [2.75, 3.05) is 4.90 Å². The predicted octanol–water partition coefficient (Wildman–Crippen LogP) is 6.45. The van der Waals surface area contributed by atoms with Crippen molar-refractivity contribution in [3.8, 4) is 5.75 Å². The number of anilines is 1. The fraction of sp³-hybridized carbons (Fsp3) is 0.115. The summed E-state index contributed by atoms with van der Waals surface area (Å²) in [7, 11) is 0. The summed E-state index contributed by atoms with van der Waals surface area (Å²) in [4.78, 5) is 38.9. The first kappa shape index (κ1) is 24.8. The van der Waals surface area contributed by atoms with E-state index in [1.807, 2.05) is 37.3 Å². The topological polar surface area (TPSA) is 75.7 Å². The molecular weight excluding hydrogens is 511 g/mol. The lowest BCUT2D eigenvalue weighted by Gasteiger charge is -2.26. The third-order valence-corrected chi connectivity index (χ3v) is 6.30. The summed E-state index contributed by atoms with van der Waals surface area (Å²) >= 11 is 18.9. The molecule has 1 heterocycles. The van der Waals surface area contributed by atoms with E-state index in [0.29, 0.717) is 16.3 Å². The van der Waals surface area contributed by atoms with Gasteiger partial charge in [0.15, 0.2) is 5.75 Å². The van der Waals surface area contributed by atoms with Crippen LogP contribution in [-0.2, 0) is 22.6 Å². The first-order chi connectivity index (χ1) is 16.8. The molecule has 0 spiro atoms. The van der Waals surface area contributed by atoms with Crippen LogP contribution in [0.25, 0.3) is 6.08 Å². The number of nitrogens with one attached hydrogen (secondary N) is 1. The van der Waals surface area contributed by atoms with Gasteiger partial charge in [-0.05, 0) is 54.0 Å². The molecule has 178 valence electrons. The molecule has 0 aliphatic carbocycles. The van der Waals surface area contributed by atoms with Gasteiger partial charge in [0.05, 0.1) is 15.7 Å². The Bertz CT molecular complexity index is 1330. The zero-order valence-corrected chi connectivity index (χ0v) is 20.7. The molecule has 9 heteroatoms. The highest BCUT2D eigenvalue weighted by Crippen LogP contribution is 2.36. The van der Waals surface area contributed by atoms with E-state index in [1.165, 1.54) is 18.2 Å². The fourth-order valence-electron chi connectivity index (χ4n) is 3.51. The third-order valence-electron chi connectivity index (χ3n) is 5.37. The number of barbiturate groups is 1. The number of hydrogen-bond donors (Lipinski definition) is 1. The van der Waals surface area contributed by atoms with Crippen LogP contribution in [0.2, 0.25) is 15.1 Å². The van der Waals surface area contributed by atoms with Crippen LogP contribution in [-0.4, -0.2) is 17.8 Å². The first-order valence-electron chi connectivity index (χ1n) is 10.6. The van der Waals surface area contributed by atoms with Gasteiger partial charge in [-0.2, -0.15) is 0 Å². The monoisotopic (exact) mass is 528 g/mol. The minimum Gasteiger partial charge on any atom is -0.486 e. The Morgan fingerprint density at radius 1 is 0.914 bits per heavy atom. The number of imide groups is 2. The zero-order chi connectivity index (χ0) is 25.1. The lowest BCUT2D eigenvalue weighted by Crippen LogP contribution is -2.54. The minimum absolute atomic E-state index is 0.147. The molecule has 0 unspecified atom stereocenters. The quantitative estimate of drug-likeness (QED) is 0.294. The van der Waals surface area contributed by atoms with Gasteiger partial charge >= 0.3 is 6.03 Å². The summed E-state index contributed by atoms with van der Waals surface area (Å²) in [6.07, 6.45) is 2.14.